The molecule has 2 N–H and O–H groups in total. The van der Waals surface area contributed by atoms with Crippen LogP contribution in [0.4, 0.5) is 0 Å². The Morgan fingerprint density at radius 3 is 2.55 bits per heavy atom. The Morgan fingerprint density at radius 1 is 1.15 bits per heavy atom. The van der Waals surface area contributed by atoms with Crippen molar-refractivity contribution in [2.75, 3.05) is 26.2 Å². The van der Waals surface area contributed by atoms with Gasteiger partial charge in [0.1, 0.15) is 0 Å². The fourth-order valence-corrected chi connectivity index (χ4v) is 2.87. The van der Waals surface area contributed by atoms with Crippen molar-refractivity contribution in [3.63, 3.8) is 0 Å². The van der Waals surface area contributed by atoms with Crippen LogP contribution in [0, 0.1) is 0 Å². The van der Waals surface area contributed by atoms with E-state index in [1.165, 1.54) is 38.9 Å². The molecule has 2 rings (SSSR count). The van der Waals surface area contributed by atoms with Gasteiger partial charge in [0, 0.05) is 6.04 Å². The molecule has 0 aromatic heterocycles. The third-order valence-electron chi connectivity index (χ3n) is 4.18. The van der Waals surface area contributed by atoms with Gasteiger partial charge < -0.3 is 15.3 Å². The van der Waals surface area contributed by atoms with Gasteiger partial charge in [-0.25, -0.2) is 0 Å². The van der Waals surface area contributed by atoms with Gasteiger partial charge in [-0.05, 0) is 57.9 Å². The molecule has 1 saturated heterocycles. The van der Waals surface area contributed by atoms with Gasteiger partial charge in [-0.15, -0.1) is 0 Å². The third-order valence-corrected chi connectivity index (χ3v) is 4.18. The lowest BCUT2D eigenvalue weighted by molar-refractivity contribution is 0.134. The van der Waals surface area contributed by atoms with Crippen LogP contribution in [-0.4, -0.2) is 42.2 Å². The summed E-state index contributed by atoms with van der Waals surface area (Å²) >= 11 is 0. The molecule has 2 atom stereocenters. The van der Waals surface area contributed by atoms with E-state index >= 15 is 0 Å². The molecule has 1 heterocycles. The average Bonchev–Trinajstić information content (AvgIpc) is 2.52. The second kappa shape index (κ2) is 8.40. The van der Waals surface area contributed by atoms with Gasteiger partial charge in [0.05, 0.1) is 6.10 Å². The molecular formula is C17H28N2O. The molecule has 1 aromatic rings. The van der Waals surface area contributed by atoms with Crippen LogP contribution in [0.1, 0.15) is 44.3 Å². The van der Waals surface area contributed by atoms with Crippen LogP contribution in [0.25, 0.3) is 0 Å². The van der Waals surface area contributed by atoms with Crippen LogP contribution in [0.5, 0.6) is 0 Å². The second-order valence-electron chi connectivity index (χ2n) is 5.85. The van der Waals surface area contributed by atoms with E-state index in [2.05, 4.69) is 17.1 Å². The van der Waals surface area contributed by atoms with Crippen LogP contribution in [0.3, 0.4) is 0 Å². The van der Waals surface area contributed by atoms with E-state index in [9.17, 15) is 5.11 Å². The molecular weight excluding hydrogens is 248 g/mol. The molecule has 0 spiro atoms. The zero-order valence-electron chi connectivity index (χ0n) is 12.6. The molecule has 1 fully saturated rings. The standard InChI is InChI=1S/C17H28N2O/c1-15(17(20)16-9-4-2-5-10-16)18-11-8-14-19-12-6-3-7-13-19/h2,4-5,9-10,15,17-18,20H,3,6-8,11-14H2,1H3/t15-,17-/m0/s1. The highest BCUT2D eigenvalue weighted by atomic mass is 16.3. The molecule has 0 bridgehead atoms. The highest BCUT2D eigenvalue weighted by molar-refractivity contribution is 5.18. The fourth-order valence-electron chi connectivity index (χ4n) is 2.87. The number of piperidine rings is 1. The number of nitrogens with zero attached hydrogens (tertiary/aromatic N) is 1. The molecule has 112 valence electrons. The molecule has 0 saturated carbocycles. The van der Waals surface area contributed by atoms with Gasteiger partial charge in [-0.2, -0.15) is 0 Å². The van der Waals surface area contributed by atoms with Crippen LogP contribution >= 0.6 is 0 Å². The maximum absolute atomic E-state index is 10.3. The Bertz CT molecular complexity index is 363. The van der Waals surface area contributed by atoms with Crippen LogP contribution in [0.2, 0.25) is 0 Å². The van der Waals surface area contributed by atoms with Gasteiger partial charge in [0.15, 0.2) is 0 Å². The van der Waals surface area contributed by atoms with Gasteiger partial charge >= 0.3 is 0 Å². The van der Waals surface area contributed by atoms with Crippen molar-refractivity contribution in [2.45, 2.75) is 44.8 Å². The first-order valence-electron chi connectivity index (χ1n) is 7.96. The topological polar surface area (TPSA) is 35.5 Å². The molecule has 1 aliphatic rings. The number of benzene rings is 1. The van der Waals surface area contributed by atoms with Crippen LogP contribution in [-0.2, 0) is 0 Å². The number of hydrogen-bond acceptors (Lipinski definition) is 3. The number of aliphatic hydroxyl groups is 1. The second-order valence-corrected chi connectivity index (χ2v) is 5.85. The maximum atomic E-state index is 10.3. The van der Waals surface area contributed by atoms with Crippen molar-refractivity contribution in [1.82, 2.24) is 10.2 Å². The number of hydrogen-bond donors (Lipinski definition) is 2. The average molecular weight is 276 g/mol. The van der Waals surface area contributed by atoms with E-state index in [0.717, 1.165) is 18.5 Å². The molecule has 20 heavy (non-hydrogen) atoms. The molecule has 0 unspecified atom stereocenters. The van der Waals surface area contributed by atoms with Crippen LogP contribution < -0.4 is 5.32 Å². The Morgan fingerprint density at radius 2 is 1.85 bits per heavy atom. The minimum Gasteiger partial charge on any atom is -0.387 e. The zero-order chi connectivity index (χ0) is 14.2. The smallest absolute Gasteiger partial charge is 0.0940 e. The van der Waals surface area contributed by atoms with E-state index in [1.54, 1.807) is 0 Å². The van der Waals surface area contributed by atoms with Crippen molar-refractivity contribution in [3.05, 3.63) is 35.9 Å². The lowest BCUT2D eigenvalue weighted by Gasteiger charge is -2.27. The number of likely N-dealkylation sites (tertiary alicyclic amines) is 1. The normalized spacial score (nSPS) is 19.7. The van der Waals surface area contributed by atoms with Crippen molar-refractivity contribution < 1.29 is 5.11 Å². The SMILES string of the molecule is C[C@H](NCCCN1CCCCC1)[C@H](O)c1ccccc1. The summed E-state index contributed by atoms with van der Waals surface area (Å²) in [6.07, 6.45) is 4.85. The summed E-state index contributed by atoms with van der Waals surface area (Å²) in [6.45, 7) is 6.74. The predicted octanol–water partition coefficient (Wildman–Crippen LogP) is 2.57. The lowest BCUT2D eigenvalue weighted by Crippen LogP contribution is -2.36. The number of nitrogens with one attached hydrogen (secondary N) is 1. The first-order chi connectivity index (χ1) is 9.77. The van der Waals surface area contributed by atoms with Gasteiger partial charge in [-0.1, -0.05) is 36.8 Å². The van der Waals surface area contributed by atoms with E-state index in [-0.39, 0.29) is 6.04 Å². The van der Waals surface area contributed by atoms with E-state index in [1.807, 2.05) is 30.3 Å². The minimum absolute atomic E-state index is 0.0961. The van der Waals surface area contributed by atoms with Gasteiger partial charge in [-0.3, -0.25) is 0 Å². The Labute approximate surface area is 123 Å². The summed E-state index contributed by atoms with van der Waals surface area (Å²) in [6, 6.07) is 9.99. The summed E-state index contributed by atoms with van der Waals surface area (Å²) in [7, 11) is 0. The summed E-state index contributed by atoms with van der Waals surface area (Å²) in [4.78, 5) is 2.56. The van der Waals surface area contributed by atoms with Crippen molar-refractivity contribution in [2.24, 2.45) is 0 Å². The molecule has 0 amide bonds. The largest absolute Gasteiger partial charge is 0.387 e. The lowest BCUT2D eigenvalue weighted by atomic mass is 10.0. The fraction of sp³-hybridized carbons (Fsp3) is 0.647. The molecule has 0 radical (unpaired) electrons. The molecule has 1 aliphatic heterocycles. The van der Waals surface area contributed by atoms with E-state index in [4.69, 9.17) is 0 Å². The van der Waals surface area contributed by atoms with E-state index in [0.29, 0.717) is 0 Å². The minimum atomic E-state index is -0.425. The van der Waals surface area contributed by atoms with Crippen LogP contribution in [0.15, 0.2) is 30.3 Å². The molecule has 1 aromatic carbocycles. The summed E-state index contributed by atoms with van der Waals surface area (Å²) in [5, 5.41) is 13.7. The first-order valence-corrected chi connectivity index (χ1v) is 7.96. The third kappa shape index (κ3) is 4.89. The van der Waals surface area contributed by atoms with E-state index < -0.39 is 6.10 Å². The van der Waals surface area contributed by atoms with Gasteiger partial charge in [0.2, 0.25) is 0 Å². The summed E-state index contributed by atoms with van der Waals surface area (Å²) in [5.74, 6) is 0. The molecule has 3 heteroatoms. The summed E-state index contributed by atoms with van der Waals surface area (Å²) in [5.41, 5.74) is 0.989. The number of rotatable bonds is 7. The predicted molar refractivity (Wildman–Crippen MR) is 83.8 cm³/mol. The zero-order valence-corrected chi connectivity index (χ0v) is 12.6. The summed E-state index contributed by atoms with van der Waals surface area (Å²) < 4.78 is 0. The quantitative estimate of drug-likeness (QED) is 0.751. The maximum Gasteiger partial charge on any atom is 0.0940 e. The monoisotopic (exact) mass is 276 g/mol. The molecule has 0 aliphatic carbocycles. The van der Waals surface area contributed by atoms with Crippen molar-refractivity contribution >= 4 is 0 Å². The number of aliphatic hydroxyl groups excluding tert-OH is 1. The Hall–Kier alpha value is -0.900. The highest BCUT2D eigenvalue weighted by Crippen LogP contribution is 2.16. The van der Waals surface area contributed by atoms with Crippen molar-refractivity contribution in [3.8, 4) is 0 Å². The Balaban J connectivity index is 1.63. The van der Waals surface area contributed by atoms with Gasteiger partial charge in [0.25, 0.3) is 0 Å². The highest BCUT2D eigenvalue weighted by Gasteiger charge is 2.15. The first kappa shape index (κ1) is 15.5. The molecule has 3 nitrogen and oxygen atoms in total. The Kier molecular flexibility index (Phi) is 6.51. The van der Waals surface area contributed by atoms with Crippen molar-refractivity contribution in [1.29, 1.82) is 0 Å².